The molecule has 5 heteroatoms. The van der Waals surface area contributed by atoms with Crippen molar-refractivity contribution in [2.75, 3.05) is 7.11 Å². The average molecular weight is 392 g/mol. The maximum atomic E-state index is 12.9. The first-order valence-corrected chi connectivity index (χ1v) is 10.4. The second-order valence-corrected chi connectivity index (χ2v) is 8.24. The first kappa shape index (κ1) is 19.5. The standard InChI is InChI=1S/C24H29N3O2/c1-15-6-5-7-21(16(15)2)26-24(28)18-8-13-23-22(14-18)25-17(3)27(23)19-9-11-20(29-4)12-10-19/h8-16,21H,5-7H2,1-4H3,(H,26,28). The van der Waals surface area contributed by atoms with Gasteiger partial charge in [-0.3, -0.25) is 9.36 Å². The number of methoxy groups -OCH3 is 1. The van der Waals surface area contributed by atoms with E-state index in [0.29, 0.717) is 17.4 Å². The van der Waals surface area contributed by atoms with E-state index in [4.69, 9.17) is 9.72 Å². The van der Waals surface area contributed by atoms with Crippen LogP contribution in [0.15, 0.2) is 42.5 Å². The van der Waals surface area contributed by atoms with Crippen LogP contribution in [0.5, 0.6) is 5.75 Å². The number of fused-ring (bicyclic) bond motifs is 1. The molecule has 0 radical (unpaired) electrons. The molecule has 0 aliphatic heterocycles. The van der Waals surface area contributed by atoms with E-state index in [1.54, 1.807) is 7.11 Å². The van der Waals surface area contributed by atoms with E-state index in [1.165, 1.54) is 12.8 Å². The van der Waals surface area contributed by atoms with Gasteiger partial charge in [0.25, 0.3) is 5.91 Å². The van der Waals surface area contributed by atoms with Crippen LogP contribution in [0.3, 0.4) is 0 Å². The average Bonchev–Trinajstić information content (AvgIpc) is 3.06. The summed E-state index contributed by atoms with van der Waals surface area (Å²) in [4.78, 5) is 17.6. The Hall–Kier alpha value is -2.82. The minimum Gasteiger partial charge on any atom is -0.497 e. The van der Waals surface area contributed by atoms with Crippen LogP contribution in [0.2, 0.25) is 0 Å². The Bertz CT molecular complexity index is 1020. The van der Waals surface area contributed by atoms with Gasteiger partial charge in [0.05, 0.1) is 18.1 Å². The van der Waals surface area contributed by atoms with Gasteiger partial charge in [-0.2, -0.15) is 0 Å². The second-order valence-electron chi connectivity index (χ2n) is 8.24. The molecule has 2 aromatic carbocycles. The molecular weight excluding hydrogens is 362 g/mol. The van der Waals surface area contributed by atoms with Crippen molar-refractivity contribution in [1.29, 1.82) is 0 Å². The molecule has 3 aromatic rings. The van der Waals surface area contributed by atoms with Crippen molar-refractivity contribution in [3.05, 3.63) is 53.9 Å². The van der Waals surface area contributed by atoms with Gasteiger partial charge in [-0.15, -0.1) is 0 Å². The molecule has 29 heavy (non-hydrogen) atoms. The zero-order valence-corrected chi connectivity index (χ0v) is 17.6. The van der Waals surface area contributed by atoms with Gasteiger partial charge in [0.1, 0.15) is 11.6 Å². The number of aromatic nitrogens is 2. The molecule has 1 saturated carbocycles. The lowest BCUT2D eigenvalue weighted by atomic mass is 9.78. The van der Waals surface area contributed by atoms with Gasteiger partial charge in [0.2, 0.25) is 0 Å². The molecule has 5 nitrogen and oxygen atoms in total. The predicted molar refractivity (Wildman–Crippen MR) is 116 cm³/mol. The van der Waals surface area contributed by atoms with Crippen LogP contribution in [-0.2, 0) is 0 Å². The summed E-state index contributed by atoms with van der Waals surface area (Å²) in [6.07, 6.45) is 3.49. The van der Waals surface area contributed by atoms with Crippen LogP contribution < -0.4 is 10.1 Å². The van der Waals surface area contributed by atoms with Crippen LogP contribution >= 0.6 is 0 Å². The second kappa shape index (κ2) is 7.90. The summed E-state index contributed by atoms with van der Waals surface area (Å²) in [5.41, 5.74) is 3.51. The Morgan fingerprint density at radius 3 is 2.62 bits per heavy atom. The van der Waals surface area contributed by atoms with E-state index in [-0.39, 0.29) is 11.9 Å². The van der Waals surface area contributed by atoms with Crippen molar-refractivity contribution in [2.45, 2.75) is 46.1 Å². The van der Waals surface area contributed by atoms with E-state index in [0.717, 1.165) is 34.7 Å². The summed E-state index contributed by atoms with van der Waals surface area (Å²) in [6, 6.07) is 13.9. The van der Waals surface area contributed by atoms with Crippen molar-refractivity contribution in [3.63, 3.8) is 0 Å². The SMILES string of the molecule is COc1ccc(-n2c(C)nc3cc(C(=O)NC4CCCC(C)C4C)ccc32)cc1. The molecule has 4 rings (SSSR count). The highest BCUT2D eigenvalue weighted by Gasteiger charge is 2.28. The van der Waals surface area contributed by atoms with Gasteiger partial charge in [-0.05, 0) is 67.6 Å². The number of imidazole rings is 1. The Morgan fingerprint density at radius 1 is 1.14 bits per heavy atom. The first-order chi connectivity index (χ1) is 14.0. The van der Waals surface area contributed by atoms with Crippen LogP contribution in [-0.4, -0.2) is 28.6 Å². The zero-order chi connectivity index (χ0) is 20.5. The van der Waals surface area contributed by atoms with Gasteiger partial charge in [0.15, 0.2) is 0 Å². The smallest absolute Gasteiger partial charge is 0.251 e. The third-order valence-electron chi connectivity index (χ3n) is 6.44. The number of nitrogens with one attached hydrogen (secondary N) is 1. The van der Waals surface area contributed by atoms with Crippen LogP contribution in [0, 0.1) is 18.8 Å². The first-order valence-electron chi connectivity index (χ1n) is 10.4. The summed E-state index contributed by atoms with van der Waals surface area (Å²) < 4.78 is 7.35. The maximum Gasteiger partial charge on any atom is 0.251 e. The maximum absolute atomic E-state index is 12.9. The molecule has 1 heterocycles. The van der Waals surface area contributed by atoms with Gasteiger partial charge >= 0.3 is 0 Å². The Kier molecular flexibility index (Phi) is 5.31. The van der Waals surface area contributed by atoms with E-state index < -0.39 is 0 Å². The third-order valence-corrected chi connectivity index (χ3v) is 6.44. The Labute approximate surface area is 172 Å². The summed E-state index contributed by atoms with van der Waals surface area (Å²) in [7, 11) is 1.66. The van der Waals surface area contributed by atoms with Crippen LogP contribution in [0.4, 0.5) is 0 Å². The van der Waals surface area contributed by atoms with Crippen LogP contribution in [0.25, 0.3) is 16.7 Å². The molecule has 0 spiro atoms. The number of ether oxygens (including phenoxy) is 1. The molecule has 0 saturated heterocycles. The normalized spacial score (nSPS) is 21.9. The van der Waals surface area contributed by atoms with E-state index in [9.17, 15) is 4.79 Å². The minimum atomic E-state index is -0.00509. The highest BCUT2D eigenvalue weighted by atomic mass is 16.5. The molecule has 3 unspecified atom stereocenters. The fourth-order valence-electron chi connectivity index (χ4n) is 4.44. The van der Waals surface area contributed by atoms with Crippen molar-refractivity contribution in [2.24, 2.45) is 11.8 Å². The molecule has 1 aliphatic carbocycles. The summed E-state index contributed by atoms with van der Waals surface area (Å²) in [5.74, 6) is 2.86. The minimum absolute atomic E-state index is 0.00509. The highest BCUT2D eigenvalue weighted by Crippen LogP contribution is 2.30. The summed E-state index contributed by atoms with van der Waals surface area (Å²) in [5, 5.41) is 3.26. The van der Waals surface area contributed by atoms with Gasteiger partial charge in [-0.25, -0.2) is 4.98 Å². The number of hydrogen-bond acceptors (Lipinski definition) is 3. The number of rotatable bonds is 4. The van der Waals surface area contributed by atoms with Crippen molar-refractivity contribution >= 4 is 16.9 Å². The lowest BCUT2D eigenvalue weighted by Crippen LogP contribution is -2.43. The molecule has 1 aliphatic rings. The van der Waals surface area contributed by atoms with Gasteiger partial charge in [-0.1, -0.05) is 26.7 Å². The van der Waals surface area contributed by atoms with E-state index in [1.807, 2.05) is 49.4 Å². The molecular formula is C24H29N3O2. The molecule has 3 atom stereocenters. The fraction of sp³-hybridized carbons (Fsp3) is 0.417. The quantitative estimate of drug-likeness (QED) is 0.688. The monoisotopic (exact) mass is 391 g/mol. The number of amides is 1. The number of benzene rings is 2. The van der Waals surface area contributed by atoms with Gasteiger partial charge < -0.3 is 10.1 Å². The number of carbonyl (C=O) groups is 1. The van der Waals surface area contributed by atoms with Crippen LogP contribution in [0.1, 0.15) is 49.3 Å². The molecule has 1 amide bonds. The lowest BCUT2D eigenvalue weighted by molar-refractivity contribution is 0.0891. The Morgan fingerprint density at radius 2 is 1.90 bits per heavy atom. The summed E-state index contributed by atoms with van der Waals surface area (Å²) in [6.45, 7) is 6.51. The summed E-state index contributed by atoms with van der Waals surface area (Å²) >= 11 is 0. The van der Waals surface area contributed by atoms with Crippen molar-refractivity contribution in [3.8, 4) is 11.4 Å². The molecule has 1 fully saturated rings. The van der Waals surface area contributed by atoms with E-state index in [2.05, 4.69) is 23.7 Å². The fourth-order valence-corrected chi connectivity index (χ4v) is 4.44. The van der Waals surface area contributed by atoms with Crippen molar-refractivity contribution < 1.29 is 9.53 Å². The topological polar surface area (TPSA) is 56.2 Å². The Balaban J connectivity index is 1.60. The molecule has 1 N–H and O–H groups in total. The molecule has 1 aromatic heterocycles. The van der Waals surface area contributed by atoms with Gasteiger partial charge in [0, 0.05) is 17.3 Å². The number of aryl methyl sites for hydroxylation is 1. The predicted octanol–water partition coefficient (Wildman–Crippen LogP) is 4.90. The van der Waals surface area contributed by atoms with E-state index >= 15 is 0 Å². The number of carbonyl (C=O) groups excluding carboxylic acids is 1. The lowest BCUT2D eigenvalue weighted by Gasteiger charge is -2.34. The molecule has 0 bridgehead atoms. The third kappa shape index (κ3) is 3.74. The van der Waals surface area contributed by atoms with Crippen molar-refractivity contribution in [1.82, 2.24) is 14.9 Å². The molecule has 152 valence electrons. The number of nitrogens with zero attached hydrogens (tertiary/aromatic N) is 2. The zero-order valence-electron chi connectivity index (χ0n) is 17.6. The largest absolute Gasteiger partial charge is 0.497 e. The highest BCUT2D eigenvalue weighted by molar-refractivity contribution is 5.97. The number of hydrogen-bond donors (Lipinski definition) is 1.